The number of hydrogen-bond donors (Lipinski definition) is 3. The van der Waals surface area contributed by atoms with E-state index in [-0.39, 0.29) is 29.0 Å². The van der Waals surface area contributed by atoms with Gasteiger partial charge in [0.05, 0.1) is 22.3 Å². The first-order valence-corrected chi connectivity index (χ1v) is 6.41. The number of carboxylic acid groups (broad SMARTS) is 1. The van der Waals surface area contributed by atoms with Crippen molar-refractivity contribution in [2.75, 3.05) is 11.9 Å². The summed E-state index contributed by atoms with van der Waals surface area (Å²) in [6.07, 6.45) is 1.98. The number of non-ortho nitro benzene ring substituents is 1. The van der Waals surface area contributed by atoms with Crippen molar-refractivity contribution in [1.82, 2.24) is 0 Å². The molecule has 1 aliphatic rings. The van der Waals surface area contributed by atoms with Gasteiger partial charge in [0.15, 0.2) is 0 Å². The van der Waals surface area contributed by atoms with Crippen molar-refractivity contribution >= 4 is 17.3 Å². The summed E-state index contributed by atoms with van der Waals surface area (Å²) >= 11 is 0. The number of nitro benzene ring substituents is 1. The normalized spacial score (nSPS) is 21.6. The third kappa shape index (κ3) is 3.24. The maximum absolute atomic E-state index is 11.1. The SMILES string of the molecule is O=C(O)c1ccc([N+](=O)[O-])cc1NCC1CCC(O)C1. The number of rotatable bonds is 5. The number of benzene rings is 1. The summed E-state index contributed by atoms with van der Waals surface area (Å²) in [5, 5.41) is 32.2. The number of carbonyl (C=O) groups is 1. The Morgan fingerprint density at radius 1 is 1.45 bits per heavy atom. The van der Waals surface area contributed by atoms with Crippen LogP contribution in [-0.2, 0) is 0 Å². The van der Waals surface area contributed by atoms with Crippen molar-refractivity contribution in [3.63, 3.8) is 0 Å². The molecule has 0 spiro atoms. The van der Waals surface area contributed by atoms with E-state index < -0.39 is 10.9 Å². The summed E-state index contributed by atoms with van der Waals surface area (Å²) in [6, 6.07) is 3.63. The van der Waals surface area contributed by atoms with Gasteiger partial charge in [-0.25, -0.2) is 4.79 Å². The van der Waals surface area contributed by atoms with Gasteiger partial charge in [0.1, 0.15) is 0 Å². The number of aliphatic hydroxyl groups excluding tert-OH is 1. The van der Waals surface area contributed by atoms with Gasteiger partial charge in [0.2, 0.25) is 0 Å². The molecule has 0 heterocycles. The van der Waals surface area contributed by atoms with Crippen molar-refractivity contribution in [1.29, 1.82) is 0 Å². The quantitative estimate of drug-likeness (QED) is 0.560. The molecular weight excluding hydrogens is 264 g/mol. The number of hydrogen-bond acceptors (Lipinski definition) is 5. The van der Waals surface area contributed by atoms with Crippen molar-refractivity contribution in [3.8, 4) is 0 Å². The second-order valence-electron chi connectivity index (χ2n) is 5.01. The minimum absolute atomic E-state index is 0.00847. The van der Waals surface area contributed by atoms with Gasteiger partial charge in [-0.3, -0.25) is 10.1 Å². The van der Waals surface area contributed by atoms with Crippen molar-refractivity contribution < 1.29 is 19.9 Å². The number of aromatic carboxylic acids is 1. The summed E-state index contributed by atoms with van der Waals surface area (Å²) in [6.45, 7) is 0.499. The Labute approximate surface area is 115 Å². The molecule has 0 radical (unpaired) electrons. The Morgan fingerprint density at radius 3 is 2.75 bits per heavy atom. The number of nitrogens with one attached hydrogen (secondary N) is 1. The van der Waals surface area contributed by atoms with Gasteiger partial charge in [-0.1, -0.05) is 0 Å². The lowest BCUT2D eigenvalue weighted by Gasteiger charge is -2.13. The fourth-order valence-corrected chi connectivity index (χ4v) is 2.47. The van der Waals surface area contributed by atoms with Gasteiger partial charge >= 0.3 is 5.97 Å². The molecule has 1 aromatic carbocycles. The van der Waals surface area contributed by atoms with Gasteiger partial charge in [-0.05, 0) is 31.2 Å². The second kappa shape index (κ2) is 5.87. The summed E-state index contributed by atoms with van der Waals surface area (Å²) in [5.74, 6) is -0.875. The Hall–Kier alpha value is -2.15. The molecule has 7 nitrogen and oxygen atoms in total. The average molecular weight is 280 g/mol. The Morgan fingerprint density at radius 2 is 2.20 bits per heavy atom. The largest absolute Gasteiger partial charge is 0.478 e. The third-order valence-corrected chi connectivity index (χ3v) is 3.54. The molecule has 0 aliphatic heterocycles. The Bertz CT molecular complexity index is 531. The van der Waals surface area contributed by atoms with E-state index in [1.807, 2.05) is 0 Å². The van der Waals surface area contributed by atoms with Crippen LogP contribution in [0.2, 0.25) is 0 Å². The monoisotopic (exact) mass is 280 g/mol. The maximum atomic E-state index is 11.1. The fourth-order valence-electron chi connectivity index (χ4n) is 2.47. The van der Waals surface area contributed by atoms with E-state index in [0.717, 1.165) is 12.8 Å². The molecule has 7 heteroatoms. The predicted octanol–water partition coefficient (Wildman–Crippen LogP) is 1.87. The minimum Gasteiger partial charge on any atom is -0.478 e. The molecule has 0 bridgehead atoms. The smallest absolute Gasteiger partial charge is 0.337 e. The van der Waals surface area contributed by atoms with E-state index in [1.165, 1.54) is 18.2 Å². The highest BCUT2D eigenvalue weighted by Crippen LogP contribution is 2.27. The molecule has 0 amide bonds. The van der Waals surface area contributed by atoms with Gasteiger partial charge < -0.3 is 15.5 Å². The maximum Gasteiger partial charge on any atom is 0.337 e. The Balaban J connectivity index is 2.13. The van der Waals surface area contributed by atoms with Crippen LogP contribution >= 0.6 is 0 Å². The van der Waals surface area contributed by atoms with Gasteiger partial charge in [0.25, 0.3) is 5.69 Å². The average Bonchev–Trinajstić information content (AvgIpc) is 2.81. The van der Waals surface area contributed by atoms with Crippen LogP contribution in [0, 0.1) is 16.0 Å². The summed E-state index contributed by atoms with van der Waals surface area (Å²) in [5.41, 5.74) is 0.103. The molecule has 108 valence electrons. The van der Waals surface area contributed by atoms with Crippen LogP contribution in [0.3, 0.4) is 0 Å². The van der Waals surface area contributed by atoms with Crippen LogP contribution in [0.4, 0.5) is 11.4 Å². The molecule has 20 heavy (non-hydrogen) atoms. The lowest BCUT2D eigenvalue weighted by atomic mass is 10.1. The van der Waals surface area contributed by atoms with Crippen LogP contribution in [0.5, 0.6) is 0 Å². The number of nitro groups is 1. The summed E-state index contributed by atoms with van der Waals surface area (Å²) < 4.78 is 0. The van der Waals surface area contributed by atoms with Crippen LogP contribution in [0.1, 0.15) is 29.6 Å². The first-order chi connectivity index (χ1) is 9.47. The van der Waals surface area contributed by atoms with Gasteiger partial charge in [0, 0.05) is 18.7 Å². The van der Waals surface area contributed by atoms with Crippen molar-refractivity contribution in [3.05, 3.63) is 33.9 Å². The number of aliphatic hydroxyl groups is 1. The Kier molecular flexibility index (Phi) is 4.19. The highest BCUT2D eigenvalue weighted by atomic mass is 16.6. The zero-order valence-electron chi connectivity index (χ0n) is 10.8. The lowest BCUT2D eigenvalue weighted by Crippen LogP contribution is -2.15. The third-order valence-electron chi connectivity index (χ3n) is 3.54. The molecule has 1 fully saturated rings. The number of anilines is 1. The van der Waals surface area contributed by atoms with E-state index in [1.54, 1.807) is 0 Å². The van der Waals surface area contributed by atoms with E-state index in [4.69, 9.17) is 5.11 Å². The van der Waals surface area contributed by atoms with Gasteiger partial charge in [-0.15, -0.1) is 0 Å². The van der Waals surface area contributed by atoms with Gasteiger partial charge in [-0.2, -0.15) is 0 Å². The number of carboxylic acids is 1. The molecule has 1 aliphatic carbocycles. The second-order valence-corrected chi connectivity index (χ2v) is 5.01. The standard InChI is InChI=1S/C13H16N2O5/c16-10-3-1-8(5-10)7-14-12-6-9(15(19)20)2-4-11(12)13(17)18/h2,4,6,8,10,14,16H,1,3,5,7H2,(H,17,18). The molecule has 1 saturated carbocycles. The lowest BCUT2D eigenvalue weighted by molar-refractivity contribution is -0.384. The predicted molar refractivity (Wildman–Crippen MR) is 71.9 cm³/mol. The fraction of sp³-hybridized carbons (Fsp3) is 0.462. The van der Waals surface area contributed by atoms with Crippen LogP contribution in [0.15, 0.2) is 18.2 Å². The molecule has 2 rings (SSSR count). The molecule has 1 aromatic rings. The molecule has 3 N–H and O–H groups in total. The summed E-state index contributed by atoms with van der Waals surface area (Å²) in [7, 11) is 0. The zero-order valence-corrected chi connectivity index (χ0v) is 10.8. The van der Waals surface area contributed by atoms with Crippen LogP contribution in [0.25, 0.3) is 0 Å². The molecule has 2 atom stereocenters. The first-order valence-electron chi connectivity index (χ1n) is 6.41. The topological polar surface area (TPSA) is 113 Å². The summed E-state index contributed by atoms with van der Waals surface area (Å²) in [4.78, 5) is 21.3. The minimum atomic E-state index is -1.13. The molecule has 0 aromatic heterocycles. The van der Waals surface area contributed by atoms with E-state index in [0.29, 0.717) is 13.0 Å². The van der Waals surface area contributed by atoms with E-state index in [2.05, 4.69) is 5.32 Å². The van der Waals surface area contributed by atoms with Crippen LogP contribution in [-0.4, -0.2) is 33.8 Å². The van der Waals surface area contributed by atoms with E-state index in [9.17, 15) is 20.0 Å². The van der Waals surface area contributed by atoms with Crippen LogP contribution < -0.4 is 5.32 Å². The van der Waals surface area contributed by atoms with Crippen molar-refractivity contribution in [2.45, 2.75) is 25.4 Å². The highest BCUT2D eigenvalue weighted by Gasteiger charge is 2.23. The van der Waals surface area contributed by atoms with E-state index >= 15 is 0 Å². The number of nitrogens with zero attached hydrogens (tertiary/aromatic N) is 1. The first kappa shape index (κ1) is 14.3. The highest BCUT2D eigenvalue weighted by molar-refractivity contribution is 5.94. The molecule has 2 unspecified atom stereocenters. The molecular formula is C13H16N2O5. The van der Waals surface area contributed by atoms with Crippen molar-refractivity contribution in [2.24, 2.45) is 5.92 Å². The zero-order chi connectivity index (χ0) is 14.7. The molecule has 0 saturated heterocycles.